The van der Waals surface area contributed by atoms with E-state index in [-0.39, 0.29) is 28.6 Å². The second kappa shape index (κ2) is 5.25. The number of allylic oxidation sites excluding steroid dienone is 8. The summed E-state index contributed by atoms with van der Waals surface area (Å²) in [4.78, 5) is 0. The Morgan fingerprint density at radius 1 is 1.00 bits per heavy atom. The molecule has 2 aliphatic rings. The van der Waals surface area contributed by atoms with Crippen LogP contribution in [0.25, 0.3) is 0 Å². The Morgan fingerprint density at radius 2 is 1.44 bits per heavy atom. The topological polar surface area (TPSA) is 0 Å². The van der Waals surface area contributed by atoms with E-state index in [2.05, 4.69) is 57.2 Å². The second-order valence-electron chi connectivity index (χ2n) is 5.27. The van der Waals surface area contributed by atoms with Gasteiger partial charge in [0.25, 0.3) is 0 Å². The van der Waals surface area contributed by atoms with E-state index >= 15 is 0 Å². The van der Waals surface area contributed by atoms with E-state index in [1.807, 2.05) is 0 Å². The molecule has 2 rings (SSSR count). The zero-order valence-electron chi connectivity index (χ0n) is 11.4. The average molecular weight is 248 g/mol. The van der Waals surface area contributed by atoms with E-state index in [1.54, 1.807) is 0 Å². The van der Waals surface area contributed by atoms with Crippen LogP contribution in [0.1, 0.15) is 35.0 Å². The van der Waals surface area contributed by atoms with Gasteiger partial charge in [-0.05, 0) is 12.8 Å². The fourth-order valence-corrected chi connectivity index (χ4v) is 2.43. The van der Waals surface area contributed by atoms with E-state index in [0.717, 1.165) is 12.8 Å². The molecule has 1 heteroatoms. The van der Waals surface area contributed by atoms with Crippen molar-refractivity contribution in [1.29, 1.82) is 0 Å². The summed E-state index contributed by atoms with van der Waals surface area (Å²) in [5, 5.41) is 0. The van der Waals surface area contributed by atoms with Crippen LogP contribution in [0.2, 0.25) is 0 Å². The van der Waals surface area contributed by atoms with Crippen molar-refractivity contribution < 1.29 is 23.1 Å². The molecular formula is C15H20Ti-2. The molecule has 0 aliphatic heterocycles. The van der Waals surface area contributed by atoms with E-state index in [0.29, 0.717) is 0 Å². The first-order valence-corrected chi connectivity index (χ1v) is 5.68. The Bertz CT molecular complexity index is 337. The van der Waals surface area contributed by atoms with Crippen molar-refractivity contribution in [2.75, 3.05) is 0 Å². The van der Waals surface area contributed by atoms with Gasteiger partial charge in [-0.15, -0.1) is 29.2 Å². The molecule has 0 spiro atoms. The van der Waals surface area contributed by atoms with E-state index in [9.17, 15) is 0 Å². The summed E-state index contributed by atoms with van der Waals surface area (Å²) in [5.41, 5.74) is 3.24. The van der Waals surface area contributed by atoms with Crippen molar-refractivity contribution in [3.8, 4) is 0 Å². The summed E-state index contributed by atoms with van der Waals surface area (Å²) in [6, 6.07) is 0. The standard InChI is InChI=1S/C15H19.Ti.H/c1-15(2,3)14(12-8-4-5-9-12)13-10-6-7-11-13;;/h4-8,10H,9,11H2,1-3H3;;/q-1;;-1. The first-order chi connectivity index (χ1) is 7.09. The summed E-state index contributed by atoms with van der Waals surface area (Å²) in [6.07, 6.45) is 15.6. The molecule has 16 heavy (non-hydrogen) atoms. The quantitative estimate of drug-likeness (QED) is 0.499. The van der Waals surface area contributed by atoms with Crippen LogP contribution in [0, 0.1) is 11.3 Å². The monoisotopic (exact) mass is 248 g/mol. The van der Waals surface area contributed by atoms with Crippen molar-refractivity contribution in [2.45, 2.75) is 33.6 Å². The fraction of sp³-hybridized carbons (Fsp3) is 0.400. The van der Waals surface area contributed by atoms with Gasteiger partial charge in [0.2, 0.25) is 0 Å². The van der Waals surface area contributed by atoms with Crippen LogP contribution in [-0.4, -0.2) is 0 Å². The van der Waals surface area contributed by atoms with Crippen LogP contribution in [0.4, 0.5) is 0 Å². The molecule has 0 aromatic heterocycles. The van der Waals surface area contributed by atoms with Gasteiger partial charge in [0.1, 0.15) is 0 Å². The number of rotatable bonds is 2. The summed E-state index contributed by atoms with van der Waals surface area (Å²) >= 11 is 0. The Labute approximate surface area is 116 Å². The van der Waals surface area contributed by atoms with E-state index in [4.69, 9.17) is 0 Å². The van der Waals surface area contributed by atoms with Gasteiger partial charge in [0, 0.05) is 21.7 Å². The molecule has 0 nitrogen and oxygen atoms in total. The molecule has 0 aromatic rings. The Morgan fingerprint density at radius 3 is 1.69 bits per heavy atom. The summed E-state index contributed by atoms with van der Waals surface area (Å²) < 4.78 is 0. The van der Waals surface area contributed by atoms with Crippen molar-refractivity contribution >= 4 is 0 Å². The van der Waals surface area contributed by atoms with E-state index < -0.39 is 0 Å². The van der Waals surface area contributed by atoms with Gasteiger partial charge in [-0.1, -0.05) is 38.3 Å². The molecule has 0 saturated heterocycles. The van der Waals surface area contributed by atoms with Crippen molar-refractivity contribution in [1.82, 2.24) is 0 Å². The molecule has 0 saturated carbocycles. The first-order valence-electron chi connectivity index (χ1n) is 5.68. The number of hydrogen-bond acceptors (Lipinski definition) is 0. The van der Waals surface area contributed by atoms with Gasteiger partial charge < -0.3 is 1.43 Å². The molecular weight excluding hydrogens is 228 g/mol. The summed E-state index contributed by atoms with van der Waals surface area (Å²) in [5.74, 6) is 1.54. The van der Waals surface area contributed by atoms with Crippen molar-refractivity contribution in [3.63, 3.8) is 0 Å². The zero-order chi connectivity index (χ0) is 10.9. The Hall–Kier alpha value is -0.456. The molecule has 86 valence electrons. The third kappa shape index (κ3) is 2.81. The fourth-order valence-electron chi connectivity index (χ4n) is 2.43. The van der Waals surface area contributed by atoms with Crippen LogP contribution in [0.3, 0.4) is 0 Å². The zero-order valence-corrected chi connectivity index (χ0v) is 11.9. The van der Waals surface area contributed by atoms with Gasteiger partial charge in [-0.25, -0.2) is 0 Å². The first kappa shape index (κ1) is 13.6. The molecule has 0 N–H and O–H groups in total. The van der Waals surface area contributed by atoms with Crippen LogP contribution >= 0.6 is 0 Å². The third-order valence-electron chi connectivity index (χ3n) is 2.93. The van der Waals surface area contributed by atoms with Crippen LogP contribution in [0.5, 0.6) is 0 Å². The minimum atomic E-state index is 0. The maximum absolute atomic E-state index is 2.31. The molecule has 0 radical (unpaired) electrons. The number of hydrogen-bond donors (Lipinski definition) is 0. The van der Waals surface area contributed by atoms with E-state index in [1.165, 1.54) is 17.1 Å². The Kier molecular flexibility index (Phi) is 4.47. The van der Waals surface area contributed by atoms with Crippen LogP contribution < -0.4 is 0 Å². The maximum atomic E-state index is 2.31. The predicted octanol–water partition coefficient (Wildman–Crippen LogP) is 4.49. The molecule has 0 atom stereocenters. The molecule has 0 amide bonds. The smallest absolute Gasteiger partial charge is 0 e. The van der Waals surface area contributed by atoms with Crippen molar-refractivity contribution in [2.24, 2.45) is 5.41 Å². The second-order valence-corrected chi connectivity index (χ2v) is 5.27. The van der Waals surface area contributed by atoms with Crippen LogP contribution in [0.15, 0.2) is 47.6 Å². The SMILES string of the molecule is CC(C)(C)[C-](C1=CC=CC1)C1=CC=CC1.[H-].[Ti]. The van der Waals surface area contributed by atoms with Gasteiger partial charge >= 0.3 is 0 Å². The van der Waals surface area contributed by atoms with Crippen molar-refractivity contribution in [3.05, 3.63) is 53.5 Å². The Balaban J connectivity index is 0.00000128. The minimum Gasteiger partial charge on any atom is -1.00 e. The molecule has 0 heterocycles. The molecule has 2 aliphatic carbocycles. The van der Waals surface area contributed by atoms with Gasteiger partial charge in [-0.2, -0.15) is 12.2 Å². The minimum absolute atomic E-state index is 0. The molecule has 0 bridgehead atoms. The average Bonchev–Trinajstić information content (AvgIpc) is 2.73. The molecule has 0 unspecified atom stereocenters. The molecule has 0 aromatic carbocycles. The van der Waals surface area contributed by atoms with Crippen LogP contribution in [-0.2, 0) is 21.7 Å². The summed E-state index contributed by atoms with van der Waals surface area (Å²) in [7, 11) is 0. The maximum Gasteiger partial charge on any atom is 0 e. The van der Waals surface area contributed by atoms with Gasteiger partial charge in [0.05, 0.1) is 0 Å². The van der Waals surface area contributed by atoms with Gasteiger partial charge in [0.15, 0.2) is 0 Å². The summed E-state index contributed by atoms with van der Waals surface area (Å²) in [6.45, 7) is 6.92. The largest absolute Gasteiger partial charge is 1.00 e. The molecule has 0 fully saturated rings. The van der Waals surface area contributed by atoms with Gasteiger partial charge in [-0.3, -0.25) is 0 Å². The predicted molar refractivity (Wildman–Crippen MR) is 67.5 cm³/mol. The third-order valence-corrected chi connectivity index (χ3v) is 2.93. The normalized spacial score (nSPS) is 18.2.